The van der Waals surface area contributed by atoms with E-state index < -0.39 is 17.9 Å². The molecule has 2 N–H and O–H groups in total. The molecule has 1 heterocycles. The normalized spacial score (nSPS) is 15.4. The molecule has 0 spiro atoms. The van der Waals surface area contributed by atoms with E-state index in [9.17, 15) is 14.7 Å². The molecule has 2 aromatic carbocycles. The Morgan fingerprint density at radius 2 is 1.64 bits per heavy atom. The van der Waals surface area contributed by atoms with Crippen LogP contribution in [0.3, 0.4) is 0 Å². The van der Waals surface area contributed by atoms with Gasteiger partial charge in [-0.05, 0) is 29.8 Å². The van der Waals surface area contributed by atoms with Crippen LogP contribution in [0, 0.1) is 0 Å². The van der Waals surface area contributed by atoms with E-state index in [1.165, 1.54) is 0 Å². The number of morpholine rings is 1. The van der Waals surface area contributed by atoms with Crippen LogP contribution in [0.2, 0.25) is 0 Å². The molecular formula is C19H20N2O4. The van der Waals surface area contributed by atoms with E-state index in [1.54, 1.807) is 42.5 Å². The third-order valence-corrected chi connectivity index (χ3v) is 4.16. The number of carbonyl (C=O) groups is 2. The first-order valence-electron chi connectivity index (χ1n) is 8.16. The van der Waals surface area contributed by atoms with E-state index in [-0.39, 0.29) is 0 Å². The summed E-state index contributed by atoms with van der Waals surface area (Å²) < 4.78 is 5.33. The lowest BCUT2D eigenvalue weighted by atomic mass is 10.1. The Balaban J connectivity index is 1.70. The molecule has 25 heavy (non-hydrogen) atoms. The third kappa shape index (κ3) is 4.16. The molecule has 130 valence electrons. The van der Waals surface area contributed by atoms with Crippen LogP contribution in [-0.2, 0) is 9.53 Å². The van der Waals surface area contributed by atoms with Crippen molar-refractivity contribution in [3.8, 4) is 0 Å². The number of carbonyl (C=O) groups excluding carboxylic acids is 1. The zero-order valence-corrected chi connectivity index (χ0v) is 13.7. The quantitative estimate of drug-likeness (QED) is 0.871. The first kappa shape index (κ1) is 17.0. The molecule has 6 nitrogen and oxygen atoms in total. The number of anilines is 1. The van der Waals surface area contributed by atoms with E-state index in [0.29, 0.717) is 24.3 Å². The predicted octanol–water partition coefficient (Wildman–Crippen LogP) is 2.08. The Labute approximate surface area is 146 Å². The fourth-order valence-electron chi connectivity index (χ4n) is 2.79. The van der Waals surface area contributed by atoms with Crippen LogP contribution < -0.4 is 10.2 Å². The molecule has 0 aliphatic carbocycles. The average molecular weight is 340 g/mol. The number of benzene rings is 2. The van der Waals surface area contributed by atoms with Gasteiger partial charge in [-0.2, -0.15) is 0 Å². The van der Waals surface area contributed by atoms with Gasteiger partial charge in [0.25, 0.3) is 5.91 Å². The minimum atomic E-state index is -1.09. The highest BCUT2D eigenvalue weighted by Crippen LogP contribution is 2.18. The van der Waals surface area contributed by atoms with Crippen molar-refractivity contribution >= 4 is 17.6 Å². The van der Waals surface area contributed by atoms with E-state index in [2.05, 4.69) is 10.2 Å². The Morgan fingerprint density at radius 1 is 1.00 bits per heavy atom. The Morgan fingerprint density at radius 3 is 2.24 bits per heavy atom. The number of nitrogens with zero attached hydrogens (tertiary/aromatic N) is 1. The number of hydrogen-bond acceptors (Lipinski definition) is 4. The van der Waals surface area contributed by atoms with Gasteiger partial charge in [0.15, 0.2) is 6.04 Å². The third-order valence-electron chi connectivity index (χ3n) is 4.16. The predicted molar refractivity (Wildman–Crippen MR) is 93.8 cm³/mol. The van der Waals surface area contributed by atoms with Crippen molar-refractivity contribution in [2.75, 3.05) is 31.2 Å². The molecule has 2 aromatic rings. The summed E-state index contributed by atoms with van der Waals surface area (Å²) in [6, 6.07) is 14.7. The van der Waals surface area contributed by atoms with Gasteiger partial charge < -0.3 is 20.1 Å². The largest absolute Gasteiger partial charge is 0.479 e. The smallest absolute Gasteiger partial charge is 0.330 e. The first-order valence-corrected chi connectivity index (χ1v) is 8.16. The molecule has 1 aliphatic rings. The second kappa shape index (κ2) is 7.81. The van der Waals surface area contributed by atoms with Crippen molar-refractivity contribution in [2.24, 2.45) is 0 Å². The molecule has 1 atom stereocenters. The fourth-order valence-corrected chi connectivity index (χ4v) is 2.79. The number of amides is 1. The molecule has 6 heteroatoms. The SMILES string of the molecule is O=C(N[C@H](C(=O)O)c1ccccc1)c1ccc(N2CCOCC2)cc1. The monoisotopic (exact) mass is 340 g/mol. The van der Waals surface area contributed by atoms with Gasteiger partial charge in [0.1, 0.15) is 0 Å². The number of carboxylic acid groups (broad SMARTS) is 1. The van der Waals surface area contributed by atoms with Crippen molar-refractivity contribution in [1.82, 2.24) is 5.32 Å². The van der Waals surface area contributed by atoms with Crippen LogP contribution in [0.4, 0.5) is 5.69 Å². The fraction of sp³-hybridized carbons (Fsp3) is 0.263. The molecule has 3 rings (SSSR count). The molecule has 1 fully saturated rings. The van der Waals surface area contributed by atoms with Gasteiger partial charge in [-0.3, -0.25) is 4.79 Å². The molecule has 0 radical (unpaired) electrons. The van der Waals surface area contributed by atoms with E-state index in [4.69, 9.17) is 4.74 Å². The highest BCUT2D eigenvalue weighted by atomic mass is 16.5. The van der Waals surface area contributed by atoms with Crippen molar-refractivity contribution in [3.05, 3.63) is 65.7 Å². The van der Waals surface area contributed by atoms with Crippen LogP contribution in [-0.4, -0.2) is 43.3 Å². The summed E-state index contributed by atoms with van der Waals surface area (Å²) in [6.45, 7) is 3.03. The number of nitrogens with one attached hydrogen (secondary N) is 1. The van der Waals surface area contributed by atoms with Crippen LogP contribution in [0.15, 0.2) is 54.6 Å². The Bertz CT molecular complexity index is 725. The zero-order valence-electron chi connectivity index (χ0n) is 13.7. The van der Waals surface area contributed by atoms with Gasteiger partial charge in [-0.15, -0.1) is 0 Å². The highest BCUT2D eigenvalue weighted by molar-refractivity contribution is 5.97. The summed E-state index contributed by atoms with van der Waals surface area (Å²) in [6.07, 6.45) is 0. The number of aliphatic carboxylic acids is 1. The standard InChI is InChI=1S/C19H20N2O4/c22-18(20-17(19(23)24)14-4-2-1-3-5-14)15-6-8-16(9-7-15)21-10-12-25-13-11-21/h1-9,17H,10-13H2,(H,20,22)(H,23,24)/t17-/m0/s1. The Kier molecular flexibility index (Phi) is 5.30. The number of rotatable bonds is 5. The topological polar surface area (TPSA) is 78.9 Å². The summed E-state index contributed by atoms with van der Waals surface area (Å²) in [7, 11) is 0. The summed E-state index contributed by atoms with van der Waals surface area (Å²) in [5, 5.41) is 12.0. The minimum absolute atomic E-state index is 0.412. The lowest BCUT2D eigenvalue weighted by molar-refractivity contribution is -0.139. The summed E-state index contributed by atoms with van der Waals surface area (Å²) >= 11 is 0. The van der Waals surface area contributed by atoms with Gasteiger partial charge in [0, 0.05) is 24.3 Å². The van der Waals surface area contributed by atoms with E-state index in [0.717, 1.165) is 18.8 Å². The second-order valence-electron chi connectivity index (χ2n) is 5.80. The Hall–Kier alpha value is -2.86. The molecule has 0 unspecified atom stereocenters. The van der Waals surface area contributed by atoms with Gasteiger partial charge in [0.05, 0.1) is 13.2 Å². The summed E-state index contributed by atoms with van der Waals surface area (Å²) in [5.74, 6) is -1.51. The van der Waals surface area contributed by atoms with Crippen LogP contribution in [0.1, 0.15) is 22.0 Å². The maximum atomic E-state index is 12.4. The number of hydrogen-bond donors (Lipinski definition) is 2. The van der Waals surface area contributed by atoms with Crippen LogP contribution >= 0.6 is 0 Å². The van der Waals surface area contributed by atoms with Crippen molar-refractivity contribution < 1.29 is 19.4 Å². The lowest BCUT2D eigenvalue weighted by Gasteiger charge is -2.28. The maximum absolute atomic E-state index is 12.4. The highest BCUT2D eigenvalue weighted by Gasteiger charge is 2.22. The van der Waals surface area contributed by atoms with Gasteiger partial charge >= 0.3 is 5.97 Å². The van der Waals surface area contributed by atoms with Crippen molar-refractivity contribution in [3.63, 3.8) is 0 Å². The first-order chi connectivity index (χ1) is 12.1. The number of carboxylic acids is 1. The van der Waals surface area contributed by atoms with E-state index in [1.807, 2.05) is 12.1 Å². The summed E-state index contributed by atoms with van der Waals surface area (Å²) in [5.41, 5.74) is 1.99. The zero-order chi connectivity index (χ0) is 17.6. The average Bonchev–Trinajstić information content (AvgIpc) is 2.67. The molecule has 0 bridgehead atoms. The maximum Gasteiger partial charge on any atom is 0.330 e. The lowest BCUT2D eigenvalue weighted by Crippen LogP contribution is -2.36. The van der Waals surface area contributed by atoms with Crippen molar-refractivity contribution in [2.45, 2.75) is 6.04 Å². The van der Waals surface area contributed by atoms with E-state index >= 15 is 0 Å². The second-order valence-corrected chi connectivity index (χ2v) is 5.80. The van der Waals surface area contributed by atoms with Crippen molar-refractivity contribution in [1.29, 1.82) is 0 Å². The minimum Gasteiger partial charge on any atom is -0.479 e. The summed E-state index contributed by atoms with van der Waals surface area (Å²) in [4.78, 5) is 26.1. The molecular weight excluding hydrogens is 320 g/mol. The van der Waals surface area contributed by atoms with Crippen LogP contribution in [0.5, 0.6) is 0 Å². The van der Waals surface area contributed by atoms with Crippen LogP contribution in [0.25, 0.3) is 0 Å². The molecule has 1 amide bonds. The molecule has 1 aliphatic heterocycles. The van der Waals surface area contributed by atoms with Gasteiger partial charge in [0.2, 0.25) is 0 Å². The molecule has 0 aromatic heterocycles. The van der Waals surface area contributed by atoms with Gasteiger partial charge in [-0.1, -0.05) is 30.3 Å². The molecule has 1 saturated heterocycles. The number of ether oxygens (including phenoxy) is 1. The van der Waals surface area contributed by atoms with Gasteiger partial charge in [-0.25, -0.2) is 4.79 Å². The molecule has 0 saturated carbocycles.